The van der Waals surface area contributed by atoms with Crippen LogP contribution in [0.4, 0.5) is 0 Å². The van der Waals surface area contributed by atoms with Crippen LogP contribution in [0.25, 0.3) is 32.5 Å². The van der Waals surface area contributed by atoms with Crippen molar-refractivity contribution in [2.24, 2.45) is 0 Å². The largest absolute Gasteiger partial charge is 0.504 e. The molecule has 0 radical (unpaired) electrons. The van der Waals surface area contributed by atoms with Crippen molar-refractivity contribution < 1.29 is 19.5 Å². The van der Waals surface area contributed by atoms with Gasteiger partial charge in [-0.05, 0) is 43.3 Å². The first-order valence-corrected chi connectivity index (χ1v) is 8.11. The second kappa shape index (κ2) is 5.67. The first-order valence-electron chi connectivity index (χ1n) is 7.29. The lowest BCUT2D eigenvalue weighted by Crippen LogP contribution is -1.89. The number of aromatic hydroxyl groups is 2. The van der Waals surface area contributed by atoms with Crippen LogP contribution < -0.4 is 0 Å². The molecule has 7 nitrogen and oxygen atoms in total. The molecule has 25 heavy (non-hydrogen) atoms. The lowest BCUT2D eigenvalue weighted by Gasteiger charge is -1.98. The summed E-state index contributed by atoms with van der Waals surface area (Å²) in [7, 11) is 0. The molecule has 0 aliphatic heterocycles. The summed E-state index contributed by atoms with van der Waals surface area (Å²) in [5.41, 5.74) is 1.87. The lowest BCUT2D eigenvalue weighted by atomic mass is 10.1. The number of hydrogen-bond acceptors (Lipinski definition) is 8. The summed E-state index contributed by atoms with van der Waals surface area (Å²) in [6.45, 7) is 1.51. The number of aromatic nitrogens is 3. The fraction of sp³-hybridized carbons (Fsp3) is 0.0588. The van der Waals surface area contributed by atoms with Crippen LogP contribution in [0.3, 0.4) is 0 Å². The van der Waals surface area contributed by atoms with Crippen molar-refractivity contribution >= 4 is 27.3 Å². The summed E-state index contributed by atoms with van der Waals surface area (Å²) in [5, 5.41) is 23.4. The zero-order valence-corrected chi connectivity index (χ0v) is 13.7. The summed E-state index contributed by atoms with van der Waals surface area (Å²) in [5.74, 6) is 0.0201. The Hall–Kier alpha value is -3.26. The average molecular weight is 353 g/mol. The topological polar surface area (TPSA) is 109 Å². The van der Waals surface area contributed by atoms with Crippen LogP contribution in [0.2, 0.25) is 0 Å². The SMILES string of the molecule is CC(=O)c1ccc2nc(-c3nc(-c4ccc(O)c(O)c4)no3)sc2c1. The van der Waals surface area contributed by atoms with Gasteiger partial charge in [0, 0.05) is 11.1 Å². The average Bonchev–Trinajstić information content (AvgIpc) is 3.22. The molecule has 0 amide bonds. The Labute approximate surface area is 145 Å². The van der Waals surface area contributed by atoms with Crippen LogP contribution in [-0.2, 0) is 0 Å². The first kappa shape index (κ1) is 15.3. The van der Waals surface area contributed by atoms with E-state index in [-0.39, 0.29) is 29.0 Å². The van der Waals surface area contributed by atoms with Crippen molar-refractivity contribution in [1.82, 2.24) is 15.1 Å². The van der Waals surface area contributed by atoms with Crippen LogP contribution >= 0.6 is 11.3 Å². The third-order valence-electron chi connectivity index (χ3n) is 3.64. The van der Waals surface area contributed by atoms with Gasteiger partial charge in [0.05, 0.1) is 10.2 Å². The molecular weight excluding hydrogens is 342 g/mol. The highest BCUT2D eigenvalue weighted by Gasteiger charge is 2.16. The number of benzene rings is 2. The van der Waals surface area contributed by atoms with E-state index in [1.165, 1.54) is 30.4 Å². The zero-order chi connectivity index (χ0) is 17.6. The Morgan fingerprint density at radius 1 is 1.08 bits per heavy atom. The smallest absolute Gasteiger partial charge is 0.287 e. The molecule has 0 saturated heterocycles. The number of rotatable bonds is 3. The first-order chi connectivity index (χ1) is 12.0. The standard InChI is InChI=1S/C17H11N3O4S/c1-8(21)9-2-4-11-14(7-9)25-17(18-11)16-19-15(20-24-16)10-3-5-12(22)13(23)6-10/h2-7,22-23H,1H3. The van der Waals surface area contributed by atoms with Crippen molar-refractivity contribution in [2.75, 3.05) is 0 Å². The molecule has 2 aromatic carbocycles. The van der Waals surface area contributed by atoms with Crippen LogP contribution in [0.1, 0.15) is 17.3 Å². The third kappa shape index (κ3) is 2.72. The monoisotopic (exact) mass is 353 g/mol. The van der Waals surface area contributed by atoms with Gasteiger partial charge in [-0.1, -0.05) is 5.16 Å². The number of fused-ring (bicyclic) bond motifs is 1. The second-order valence-electron chi connectivity index (χ2n) is 5.38. The Morgan fingerprint density at radius 3 is 2.68 bits per heavy atom. The molecule has 4 aromatic rings. The number of carbonyl (C=O) groups is 1. The molecule has 0 saturated carbocycles. The summed E-state index contributed by atoms with van der Waals surface area (Å²) in [4.78, 5) is 20.2. The molecule has 0 aliphatic carbocycles. The van der Waals surface area contributed by atoms with Crippen molar-refractivity contribution in [1.29, 1.82) is 0 Å². The minimum Gasteiger partial charge on any atom is -0.504 e. The number of hydrogen-bond donors (Lipinski definition) is 2. The number of thiazole rings is 1. The van der Waals surface area contributed by atoms with Crippen LogP contribution in [-0.4, -0.2) is 31.1 Å². The summed E-state index contributed by atoms with van der Waals surface area (Å²) in [6.07, 6.45) is 0. The molecule has 8 heteroatoms. The van der Waals surface area contributed by atoms with Crippen LogP contribution in [0.15, 0.2) is 40.9 Å². The number of Topliss-reactive ketones (excluding diaryl/α,β-unsaturated/α-hetero) is 1. The van der Waals surface area contributed by atoms with Gasteiger partial charge in [0.25, 0.3) is 5.89 Å². The fourth-order valence-corrected chi connectivity index (χ4v) is 3.25. The van der Waals surface area contributed by atoms with Gasteiger partial charge in [-0.2, -0.15) is 4.98 Å². The van der Waals surface area contributed by atoms with Crippen LogP contribution in [0, 0.1) is 0 Å². The highest BCUT2D eigenvalue weighted by molar-refractivity contribution is 7.21. The van der Waals surface area contributed by atoms with E-state index in [4.69, 9.17) is 4.52 Å². The molecule has 124 valence electrons. The number of carbonyl (C=O) groups excluding carboxylic acids is 1. The maximum Gasteiger partial charge on any atom is 0.287 e. The Bertz CT molecular complexity index is 1120. The van der Waals surface area contributed by atoms with E-state index in [1.807, 2.05) is 0 Å². The maximum absolute atomic E-state index is 11.5. The number of phenolic OH excluding ortho intramolecular Hbond substituents is 2. The van der Waals surface area contributed by atoms with Gasteiger partial charge in [-0.15, -0.1) is 11.3 Å². The number of phenols is 2. The molecule has 0 atom stereocenters. The minimum atomic E-state index is -0.263. The molecule has 4 rings (SSSR count). The van der Waals surface area contributed by atoms with E-state index in [1.54, 1.807) is 24.3 Å². The molecule has 0 unspecified atom stereocenters. The highest BCUT2D eigenvalue weighted by atomic mass is 32.1. The molecule has 0 aliphatic rings. The summed E-state index contributed by atoms with van der Waals surface area (Å²) < 4.78 is 6.11. The van der Waals surface area contributed by atoms with Crippen molar-refractivity contribution in [3.05, 3.63) is 42.0 Å². The predicted molar refractivity (Wildman–Crippen MR) is 91.7 cm³/mol. The van der Waals surface area contributed by atoms with Gasteiger partial charge in [-0.3, -0.25) is 4.79 Å². The lowest BCUT2D eigenvalue weighted by molar-refractivity contribution is 0.101. The fourth-order valence-electron chi connectivity index (χ4n) is 2.33. The Kier molecular flexibility index (Phi) is 3.47. The van der Waals surface area contributed by atoms with E-state index in [0.29, 0.717) is 16.1 Å². The van der Waals surface area contributed by atoms with Crippen molar-refractivity contribution in [3.8, 4) is 33.8 Å². The number of nitrogens with zero attached hydrogens (tertiary/aromatic N) is 3. The van der Waals surface area contributed by atoms with Crippen molar-refractivity contribution in [3.63, 3.8) is 0 Å². The maximum atomic E-state index is 11.5. The molecule has 2 heterocycles. The number of ketones is 1. The van der Waals surface area contributed by atoms with Gasteiger partial charge < -0.3 is 14.7 Å². The van der Waals surface area contributed by atoms with Gasteiger partial charge >= 0.3 is 0 Å². The molecule has 0 fully saturated rings. The Balaban J connectivity index is 1.73. The van der Waals surface area contributed by atoms with Gasteiger partial charge in [0.15, 0.2) is 22.3 Å². The molecule has 2 aromatic heterocycles. The molecular formula is C17H11N3O4S. The quantitative estimate of drug-likeness (QED) is 0.427. The van der Waals surface area contributed by atoms with E-state index in [0.717, 1.165) is 10.2 Å². The van der Waals surface area contributed by atoms with E-state index in [9.17, 15) is 15.0 Å². The van der Waals surface area contributed by atoms with Gasteiger partial charge in [0.2, 0.25) is 5.82 Å². The van der Waals surface area contributed by atoms with E-state index >= 15 is 0 Å². The Morgan fingerprint density at radius 2 is 1.92 bits per heavy atom. The van der Waals surface area contributed by atoms with E-state index < -0.39 is 0 Å². The van der Waals surface area contributed by atoms with Crippen LogP contribution in [0.5, 0.6) is 11.5 Å². The second-order valence-corrected chi connectivity index (χ2v) is 6.41. The van der Waals surface area contributed by atoms with Crippen molar-refractivity contribution in [2.45, 2.75) is 6.92 Å². The summed E-state index contributed by atoms with van der Waals surface area (Å²) >= 11 is 1.35. The third-order valence-corrected chi connectivity index (χ3v) is 4.64. The molecule has 2 N–H and O–H groups in total. The highest BCUT2D eigenvalue weighted by Crippen LogP contribution is 2.33. The normalized spacial score (nSPS) is 11.1. The van der Waals surface area contributed by atoms with E-state index in [2.05, 4.69) is 15.1 Å². The van der Waals surface area contributed by atoms with Gasteiger partial charge in [-0.25, -0.2) is 4.98 Å². The molecule has 0 bridgehead atoms. The zero-order valence-electron chi connectivity index (χ0n) is 12.9. The predicted octanol–water partition coefficient (Wildman–Crippen LogP) is 3.63. The molecule has 0 spiro atoms. The minimum absolute atomic E-state index is 0.0101. The summed E-state index contributed by atoms with van der Waals surface area (Å²) in [6, 6.07) is 9.56. The van der Waals surface area contributed by atoms with Gasteiger partial charge in [0.1, 0.15) is 0 Å².